The van der Waals surface area contributed by atoms with Gasteiger partial charge in [0.2, 0.25) is 0 Å². The van der Waals surface area contributed by atoms with E-state index in [-0.39, 0.29) is 11.6 Å². The molecule has 2 aromatic rings. The van der Waals surface area contributed by atoms with E-state index in [1.54, 1.807) is 11.7 Å². The second kappa shape index (κ2) is 5.63. The Morgan fingerprint density at radius 1 is 1.61 bits per heavy atom. The normalized spacial score (nSPS) is 10.5. The molecule has 2 heterocycles. The summed E-state index contributed by atoms with van der Waals surface area (Å²) in [5, 5.41) is 9.53. The van der Waals surface area contributed by atoms with Gasteiger partial charge in [-0.15, -0.1) is 11.3 Å². The number of thiazole rings is 1. The van der Waals surface area contributed by atoms with Crippen molar-refractivity contribution in [2.75, 3.05) is 5.73 Å². The van der Waals surface area contributed by atoms with Gasteiger partial charge in [-0.2, -0.15) is 5.10 Å². The molecule has 2 aromatic heterocycles. The first-order chi connectivity index (χ1) is 8.72. The summed E-state index contributed by atoms with van der Waals surface area (Å²) < 4.78 is 0. The van der Waals surface area contributed by atoms with Crippen molar-refractivity contribution in [2.45, 2.75) is 26.3 Å². The Hall–Kier alpha value is -1.89. The van der Waals surface area contributed by atoms with E-state index in [2.05, 4.69) is 20.5 Å². The maximum atomic E-state index is 11.9. The predicted molar refractivity (Wildman–Crippen MR) is 70.3 cm³/mol. The van der Waals surface area contributed by atoms with Gasteiger partial charge in [0.1, 0.15) is 0 Å². The molecule has 0 fully saturated rings. The highest BCUT2D eigenvalue weighted by molar-refractivity contribution is 7.09. The molecule has 0 saturated heterocycles. The van der Waals surface area contributed by atoms with Gasteiger partial charge in [-0.1, -0.05) is 13.3 Å². The molecular weight excluding hydrogens is 250 g/mol. The summed E-state index contributed by atoms with van der Waals surface area (Å²) in [6.07, 6.45) is 3.47. The number of rotatable bonds is 5. The fourth-order valence-corrected chi connectivity index (χ4v) is 2.12. The van der Waals surface area contributed by atoms with Crippen LogP contribution in [0, 0.1) is 0 Å². The third-order valence-corrected chi connectivity index (χ3v) is 3.28. The standard InChI is InChI=1S/C11H15N5OS/c1-2-3-8-9(12)10(16-15-8)11(17)14-5-7-4-13-6-18-7/h4,6H,2-3,5,12H2,1H3,(H,14,17)(H,15,16). The van der Waals surface area contributed by atoms with E-state index in [1.807, 2.05) is 6.92 Å². The molecule has 2 rings (SSSR count). The van der Waals surface area contributed by atoms with Gasteiger partial charge in [-0.25, -0.2) is 0 Å². The van der Waals surface area contributed by atoms with Crippen molar-refractivity contribution in [3.05, 3.63) is 28.0 Å². The largest absolute Gasteiger partial charge is 0.395 e. The van der Waals surface area contributed by atoms with Crippen LogP contribution >= 0.6 is 11.3 Å². The van der Waals surface area contributed by atoms with E-state index >= 15 is 0 Å². The van der Waals surface area contributed by atoms with Gasteiger partial charge in [-0.05, 0) is 6.42 Å². The minimum atomic E-state index is -0.264. The van der Waals surface area contributed by atoms with Crippen LogP contribution in [0.4, 0.5) is 5.69 Å². The molecule has 0 saturated carbocycles. The SMILES string of the molecule is CCCc1[nH]nc(C(=O)NCc2cncs2)c1N. The number of hydrogen-bond acceptors (Lipinski definition) is 5. The third-order valence-electron chi connectivity index (χ3n) is 2.50. The van der Waals surface area contributed by atoms with E-state index in [1.165, 1.54) is 11.3 Å². The zero-order chi connectivity index (χ0) is 13.0. The fourth-order valence-electron chi connectivity index (χ4n) is 1.58. The van der Waals surface area contributed by atoms with Gasteiger partial charge < -0.3 is 11.1 Å². The number of aromatic amines is 1. The number of anilines is 1. The molecule has 0 unspecified atom stereocenters. The summed E-state index contributed by atoms with van der Waals surface area (Å²) in [6.45, 7) is 2.49. The van der Waals surface area contributed by atoms with Crippen LogP contribution in [-0.2, 0) is 13.0 Å². The van der Waals surface area contributed by atoms with Crippen molar-refractivity contribution in [3.8, 4) is 0 Å². The summed E-state index contributed by atoms with van der Waals surface area (Å²) in [7, 11) is 0. The van der Waals surface area contributed by atoms with E-state index in [0.717, 1.165) is 23.4 Å². The average Bonchev–Trinajstić information content (AvgIpc) is 2.98. The molecule has 6 nitrogen and oxygen atoms in total. The van der Waals surface area contributed by atoms with Gasteiger partial charge in [-0.3, -0.25) is 14.9 Å². The Kier molecular flexibility index (Phi) is 3.93. The number of nitrogen functional groups attached to an aromatic ring is 1. The lowest BCUT2D eigenvalue weighted by molar-refractivity contribution is 0.0947. The van der Waals surface area contributed by atoms with E-state index in [9.17, 15) is 4.79 Å². The molecule has 0 aromatic carbocycles. The second-order valence-electron chi connectivity index (χ2n) is 3.86. The summed E-state index contributed by atoms with van der Waals surface area (Å²) in [6, 6.07) is 0. The van der Waals surface area contributed by atoms with Crippen molar-refractivity contribution in [3.63, 3.8) is 0 Å². The smallest absolute Gasteiger partial charge is 0.274 e. The van der Waals surface area contributed by atoms with Crippen LogP contribution in [0.2, 0.25) is 0 Å². The molecule has 0 aliphatic carbocycles. The highest BCUT2D eigenvalue weighted by Crippen LogP contribution is 2.15. The molecule has 0 bridgehead atoms. The topological polar surface area (TPSA) is 96.7 Å². The van der Waals surface area contributed by atoms with Crippen molar-refractivity contribution < 1.29 is 4.79 Å². The zero-order valence-corrected chi connectivity index (χ0v) is 10.9. The maximum absolute atomic E-state index is 11.9. The Balaban J connectivity index is 2.00. The molecule has 0 radical (unpaired) electrons. The highest BCUT2D eigenvalue weighted by atomic mass is 32.1. The molecule has 0 aliphatic heterocycles. The number of nitrogens with one attached hydrogen (secondary N) is 2. The molecule has 4 N–H and O–H groups in total. The lowest BCUT2D eigenvalue weighted by atomic mass is 10.2. The van der Waals surface area contributed by atoms with Crippen LogP contribution in [0.15, 0.2) is 11.7 Å². The predicted octanol–water partition coefficient (Wildman–Crippen LogP) is 1.33. The van der Waals surface area contributed by atoms with Crippen LogP contribution in [0.25, 0.3) is 0 Å². The zero-order valence-electron chi connectivity index (χ0n) is 10.1. The van der Waals surface area contributed by atoms with Crippen molar-refractivity contribution in [1.82, 2.24) is 20.5 Å². The molecule has 18 heavy (non-hydrogen) atoms. The maximum Gasteiger partial charge on any atom is 0.274 e. The third kappa shape index (κ3) is 2.67. The second-order valence-corrected chi connectivity index (χ2v) is 4.84. The number of H-pyrrole nitrogens is 1. The number of amides is 1. The van der Waals surface area contributed by atoms with Crippen molar-refractivity contribution >= 4 is 22.9 Å². The summed E-state index contributed by atoms with van der Waals surface area (Å²) in [4.78, 5) is 16.8. The number of nitrogens with zero attached hydrogens (tertiary/aromatic N) is 2. The first kappa shape index (κ1) is 12.6. The van der Waals surface area contributed by atoms with E-state index in [4.69, 9.17) is 5.73 Å². The number of aromatic nitrogens is 3. The van der Waals surface area contributed by atoms with Crippen LogP contribution in [0.3, 0.4) is 0 Å². The summed E-state index contributed by atoms with van der Waals surface area (Å²) in [5.41, 5.74) is 9.13. The number of carbonyl (C=O) groups excluding carboxylic acids is 1. The van der Waals surface area contributed by atoms with Gasteiger partial charge >= 0.3 is 0 Å². The number of carbonyl (C=O) groups is 1. The van der Waals surface area contributed by atoms with Gasteiger partial charge in [0.25, 0.3) is 5.91 Å². The highest BCUT2D eigenvalue weighted by Gasteiger charge is 2.16. The van der Waals surface area contributed by atoms with Gasteiger partial charge in [0.15, 0.2) is 5.69 Å². The van der Waals surface area contributed by atoms with E-state index in [0.29, 0.717) is 12.2 Å². The molecule has 96 valence electrons. The van der Waals surface area contributed by atoms with Crippen LogP contribution in [0.1, 0.15) is 34.4 Å². The van der Waals surface area contributed by atoms with Crippen molar-refractivity contribution in [2.24, 2.45) is 0 Å². The van der Waals surface area contributed by atoms with Crippen LogP contribution < -0.4 is 11.1 Å². The van der Waals surface area contributed by atoms with Crippen LogP contribution in [-0.4, -0.2) is 21.1 Å². The fraction of sp³-hybridized carbons (Fsp3) is 0.364. The number of nitrogens with two attached hydrogens (primary N) is 1. The molecule has 0 aliphatic rings. The van der Waals surface area contributed by atoms with E-state index < -0.39 is 0 Å². The molecule has 0 atom stereocenters. The summed E-state index contributed by atoms with van der Waals surface area (Å²) >= 11 is 1.49. The Bertz CT molecular complexity index is 520. The lowest BCUT2D eigenvalue weighted by Gasteiger charge is -2.01. The first-order valence-corrected chi connectivity index (χ1v) is 6.58. The summed E-state index contributed by atoms with van der Waals surface area (Å²) in [5.74, 6) is -0.264. The monoisotopic (exact) mass is 265 g/mol. The Morgan fingerprint density at radius 3 is 3.11 bits per heavy atom. The first-order valence-electron chi connectivity index (χ1n) is 5.70. The quantitative estimate of drug-likeness (QED) is 0.759. The van der Waals surface area contributed by atoms with Gasteiger partial charge in [0, 0.05) is 11.1 Å². The molecule has 1 amide bonds. The number of hydrogen-bond donors (Lipinski definition) is 3. The Morgan fingerprint density at radius 2 is 2.44 bits per heavy atom. The Labute approximate surface area is 109 Å². The lowest BCUT2D eigenvalue weighted by Crippen LogP contribution is -2.23. The molecule has 0 spiro atoms. The minimum absolute atomic E-state index is 0.264. The average molecular weight is 265 g/mol. The molecule has 7 heteroatoms. The van der Waals surface area contributed by atoms with Gasteiger partial charge in [0.05, 0.1) is 23.4 Å². The minimum Gasteiger partial charge on any atom is -0.395 e. The number of aryl methyl sites for hydroxylation is 1. The van der Waals surface area contributed by atoms with Crippen molar-refractivity contribution in [1.29, 1.82) is 0 Å². The van der Waals surface area contributed by atoms with Crippen LogP contribution in [0.5, 0.6) is 0 Å². The molecular formula is C11H15N5OS.